The Bertz CT molecular complexity index is 409. The van der Waals surface area contributed by atoms with E-state index >= 15 is 0 Å². The molecule has 94 valence electrons. The van der Waals surface area contributed by atoms with Gasteiger partial charge in [-0.15, -0.1) is 0 Å². The minimum absolute atomic E-state index is 0.440. The molecular formula is C14H23N3. The van der Waals surface area contributed by atoms with E-state index in [4.69, 9.17) is 10.7 Å². The van der Waals surface area contributed by atoms with Crippen molar-refractivity contribution in [3.05, 3.63) is 11.5 Å². The summed E-state index contributed by atoms with van der Waals surface area (Å²) in [6, 6.07) is 0.658. The zero-order valence-electron chi connectivity index (χ0n) is 10.9. The first-order valence-electron chi connectivity index (χ1n) is 7.06. The summed E-state index contributed by atoms with van der Waals surface area (Å²) >= 11 is 0. The van der Waals surface area contributed by atoms with Crippen molar-refractivity contribution in [3.63, 3.8) is 0 Å². The van der Waals surface area contributed by atoms with Crippen LogP contribution in [0.1, 0.15) is 81.8 Å². The van der Waals surface area contributed by atoms with Crippen molar-refractivity contribution < 1.29 is 0 Å². The second-order valence-corrected chi connectivity index (χ2v) is 5.98. The normalized spacial score (nSPS) is 21.6. The van der Waals surface area contributed by atoms with Gasteiger partial charge >= 0.3 is 0 Å². The SMILES string of the molecule is CC(C)c1nc(C2CCCC2)n(C2CC2)c1N. The molecule has 0 saturated heterocycles. The standard InChI is InChI=1S/C14H23N3/c1-9(2)12-13(15)17(11-7-8-11)14(16-12)10-5-3-4-6-10/h9-11H,3-8,15H2,1-2H3. The Morgan fingerprint density at radius 2 is 1.82 bits per heavy atom. The highest BCUT2D eigenvalue weighted by molar-refractivity contribution is 5.42. The molecule has 3 heteroatoms. The molecule has 2 fully saturated rings. The van der Waals surface area contributed by atoms with Crippen LogP contribution in [-0.4, -0.2) is 9.55 Å². The van der Waals surface area contributed by atoms with Crippen molar-refractivity contribution in [2.45, 2.75) is 70.3 Å². The lowest BCUT2D eigenvalue weighted by molar-refractivity contribution is 0.595. The summed E-state index contributed by atoms with van der Waals surface area (Å²) in [5, 5.41) is 0. The van der Waals surface area contributed by atoms with E-state index in [0.29, 0.717) is 17.9 Å². The monoisotopic (exact) mass is 233 g/mol. The second-order valence-electron chi connectivity index (χ2n) is 5.98. The average molecular weight is 233 g/mol. The highest BCUT2D eigenvalue weighted by Crippen LogP contribution is 2.44. The number of nitrogens with two attached hydrogens (primary N) is 1. The van der Waals surface area contributed by atoms with Gasteiger partial charge in [-0.2, -0.15) is 0 Å². The van der Waals surface area contributed by atoms with Crippen LogP contribution in [0.5, 0.6) is 0 Å². The van der Waals surface area contributed by atoms with Gasteiger partial charge in [0, 0.05) is 12.0 Å². The number of imidazole rings is 1. The molecule has 17 heavy (non-hydrogen) atoms. The van der Waals surface area contributed by atoms with E-state index in [1.165, 1.54) is 44.3 Å². The van der Waals surface area contributed by atoms with E-state index in [1.807, 2.05) is 0 Å². The van der Waals surface area contributed by atoms with Crippen molar-refractivity contribution >= 4 is 5.82 Å². The number of rotatable bonds is 3. The van der Waals surface area contributed by atoms with Crippen LogP contribution in [0.3, 0.4) is 0 Å². The maximum Gasteiger partial charge on any atom is 0.127 e. The van der Waals surface area contributed by atoms with Gasteiger partial charge in [-0.1, -0.05) is 26.7 Å². The summed E-state index contributed by atoms with van der Waals surface area (Å²) in [6.07, 6.45) is 7.91. The molecule has 2 N–H and O–H groups in total. The van der Waals surface area contributed by atoms with E-state index in [2.05, 4.69) is 18.4 Å². The Labute approximate surface area is 103 Å². The Morgan fingerprint density at radius 3 is 2.35 bits per heavy atom. The molecule has 2 aliphatic rings. The summed E-state index contributed by atoms with van der Waals surface area (Å²) in [5.41, 5.74) is 7.44. The first-order valence-corrected chi connectivity index (χ1v) is 7.06. The molecular weight excluding hydrogens is 210 g/mol. The highest BCUT2D eigenvalue weighted by Gasteiger charge is 2.33. The molecule has 0 amide bonds. The van der Waals surface area contributed by atoms with Crippen LogP contribution in [0.4, 0.5) is 5.82 Å². The molecule has 0 unspecified atom stereocenters. The number of hydrogen-bond acceptors (Lipinski definition) is 2. The molecule has 1 aromatic heterocycles. The van der Waals surface area contributed by atoms with Crippen LogP contribution in [0.2, 0.25) is 0 Å². The van der Waals surface area contributed by atoms with Crippen LogP contribution >= 0.6 is 0 Å². The molecule has 3 nitrogen and oxygen atoms in total. The van der Waals surface area contributed by atoms with Crippen molar-refractivity contribution in [2.75, 3.05) is 5.73 Å². The fourth-order valence-electron chi connectivity index (χ4n) is 3.09. The molecule has 0 spiro atoms. The molecule has 0 atom stereocenters. The van der Waals surface area contributed by atoms with Crippen LogP contribution in [0.15, 0.2) is 0 Å². The lowest BCUT2D eigenvalue weighted by atomic mass is 10.1. The van der Waals surface area contributed by atoms with E-state index in [0.717, 1.165) is 11.5 Å². The molecule has 0 radical (unpaired) electrons. The molecule has 1 aromatic rings. The lowest BCUT2D eigenvalue weighted by Gasteiger charge is -2.13. The molecule has 2 aliphatic carbocycles. The van der Waals surface area contributed by atoms with Gasteiger partial charge in [-0.25, -0.2) is 4.98 Å². The van der Waals surface area contributed by atoms with Gasteiger partial charge in [0.1, 0.15) is 11.6 Å². The van der Waals surface area contributed by atoms with Gasteiger partial charge in [0.15, 0.2) is 0 Å². The number of nitrogen functional groups attached to an aromatic ring is 1. The van der Waals surface area contributed by atoms with E-state index < -0.39 is 0 Å². The van der Waals surface area contributed by atoms with Crippen LogP contribution < -0.4 is 5.73 Å². The predicted octanol–water partition coefficient (Wildman–Crippen LogP) is 3.58. The van der Waals surface area contributed by atoms with Gasteiger partial charge in [-0.05, 0) is 31.6 Å². The zero-order valence-corrected chi connectivity index (χ0v) is 10.9. The smallest absolute Gasteiger partial charge is 0.127 e. The van der Waals surface area contributed by atoms with Crippen LogP contribution in [-0.2, 0) is 0 Å². The van der Waals surface area contributed by atoms with E-state index in [9.17, 15) is 0 Å². The maximum atomic E-state index is 6.31. The minimum Gasteiger partial charge on any atom is -0.384 e. The Kier molecular flexibility index (Phi) is 2.64. The summed E-state index contributed by atoms with van der Waals surface area (Å²) < 4.78 is 2.37. The summed E-state index contributed by atoms with van der Waals surface area (Å²) in [4.78, 5) is 4.89. The molecule has 2 saturated carbocycles. The average Bonchev–Trinajstić information content (AvgIpc) is 2.86. The van der Waals surface area contributed by atoms with Crippen LogP contribution in [0.25, 0.3) is 0 Å². The Morgan fingerprint density at radius 1 is 1.18 bits per heavy atom. The summed E-state index contributed by atoms with van der Waals surface area (Å²) in [5.74, 6) is 3.36. The zero-order chi connectivity index (χ0) is 12.0. The Hall–Kier alpha value is -0.990. The maximum absolute atomic E-state index is 6.31. The summed E-state index contributed by atoms with van der Waals surface area (Å²) in [7, 11) is 0. The van der Waals surface area contributed by atoms with Crippen molar-refractivity contribution in [2.24, 2.45) is 0 Å². The number of aromatic nitrogens is 2. The van der Waals surface area contributed by atoms with Crippen molar-refractivity contribution in [1.29, 1.82) is 0 Å². The van der Waals surface area contributed by atoms with Gasteiger partial charge in [0.05, 0.1) is 5.69 Å². The van der Waals surface area contributed by atoms with E-state index in [-0.39, 0.29) is 0 Å². The number of anilines is 1. The fourth-order valence-corrected chi connectivity index (χ4v) is 3.09. The second kappa shape index (κ2) is 4.04. The van der Waals surface area contributed by atoms with E-state index in [1.54, 1.807) is 0 Å². The third-order valence-electron chi connectivity index (χ3n) is 4.18. The highest BCUT2D eigenvalue weighted by atomic mass is 15.2. The number of nitrogens with zero attached hydrogens (tertiary/aromatic N) is 2. The fraction of sp³-hybridized carbons (Fsp3) is 0.786. The van der Waals surface area contributed by atoms with Gasteiger partial charge in [0.25, 0.3) is 0 Å². The molecule has 1 heterocycles. The quantitative estimate of drug-likeness (QED) is 0.867. The summed E-state index contributed by atoms with van der Waals surface area (Å²) in [6.45, 7) is 4.38. The molecule has 0 bridgehead atoms. The third-order valence-corrected chi connectivity index (χ3v) is 4.18. The van der Waals surface area contributed by atoms with Crippen molar-refractivity contribution in [1.82, 2.24) is 9.55 Å². The van der Waals surface area contributed by atoms with Crippen molar-refractivity contribution in [3.8, 4) is 0 Å². The first kappa shape index (κ1) is 11.1. The largest absolute Gasteiger partial charge is 0.384 e. The topological polar surface area (TPSA) is 43.8 Å². The Balaban J connectivity index is 2.02. The van der Waals surface area contributed by atoms with Crippen LogP contribution in [0, 0.1) is 0 Å². The molecule has 0 aliphatic heterocycles. The van der Waals surface area contributed by atoms with Gasteiger partial charge in [0.2, 0.25) is 0 Å². The first-order chi connectivity index (χ1) is 8.18. The minimum atomic E-state index is 0.440. The predicted molar refractivity (Wildman–Crippen MR) is 70.2 cm³/mol. The molecule has 0 aromatic carbocycles. The molecule has 3 rings (SSSR count). The lowest BCUT2D eigenvalue weighted by Crippen LogP contribution is -2.08. The van der Waals surface area contributed by atoms with Gasteiger partial charge < -0.3 is 10.3 Å². The third kappa shape index (κ3) is 1.85. The number of hydrogen-bond donors (Lipinski definition) is 1. The van der Waals surface area contributed by atoms with Gasteiger partial charge in [-0.3, -0.25) is 0 Å².